The molecule has 4 unspecified atom stereocenters. The van der Waals surface area contributed by atoms with Gasteiger partial charge in [-0.05, 0) is 38.0 Å². The standard InChI is InChI=1S/C13H19N3O/c1-8(11-6-14-15-7-11)16-13(17)12-5-9-2-3-10(12)4-9/h6-10,12H,2-5H2,1H3,(H,14,15)(H,16,17). The number of hydrogen-bond donors (Lipinski definition) is 2. The number of rotatable bonds is 3. The van der Waals surface area contributed by atoms with Gasteiger partial charge in [-0.1, -0.05) is 6.42 Å². The average Bonchev–Trinajstić information content (AvgIpc) is 3.05. The Morgan fingerprint density at radius 3 is 3.00 bits per heavy atom. The van der Waals surface area contributed by atoms with Gasteiger partial charge in [-0.3, -0.25) is 9.89 Å². The van der Waals surface area contributed by atoms with Crippen molar-refractivity contribution in [1.82, 2.24) is 15.5 Å². The minimum absolute atomic E-state index is 0.0559. The molecule has 1 aromatic heterocycles. The molecule has 17 heavy (non-hydrogen) atoms. The van der Waals surface area contributed by atoms with E-state index in [1.165, 1.54) is 19.3 Å². The highest BCUT2D eigenvalue weighted by Crippen LogP contribution is 2.48. The van der Waals surface area contributed by atoms with Crippen LogP contribution in [0, 0.1) is 17.8 Å². The number of carbonyl (C=O) groups is 1. The van der Waals surface area contributed by atoms with Crippen molar-refractivity contribution in [2.45, 2.75) is 38.6 Å². The van der Waals surface area contributed by atoms with Crippen LogP contribution in [-0.2, 0) is 4.79 Å². The lowest BCUT2D eigenvalue weighted by Gasteiger charge is -2.22. The topological polar surface area (TPSA) is 57.8 Å². The van der Waals surface area contributed by atoms with E-state index in [9.17, 15) is 4.79 Å². The number of H-pyrrole nitrogens is 1. The minimum atomic E-state index is 0.0559. The maximum atomic E-state index is 12.2. The molecule has 4 atom stereocenters. The van der Waals surface area contributed by atoms with Gasteiger partial charge in [-0.2, -0.15) is 5.10 Å². The Morgan fingerprint density at radius 2 is 2.41 bits per heavy atom. The number of aromatic amines is 1. The van der Waals surface area contributed by atoms with Crippen molar-refractivity contribution >= 4 is 5.91 Å². The summed E-state index contributed by atoms with van der Waals surface area (Å²) in [5, 5.41) is 9.80. The molecule has 3 rings (SSSR count). The first-order valence-electron chi connectivity index (χ1n) is 6.53. The lowest BCUT2D eigenvalue weighted by atomic mass is 9.88. The first-order valence-corrected chi connectivity index (χ1v) is 6.53. The molecule has 0 radical (unpaired) electrons. The summed E-state index contributed by atoms with van der Waals surface area (Å²) in [6.07, 6.45) is 8.58. The molecule has 4 nitrogen and oxygen atoms in total. The van der Waals surface area contributed by atoms with E-state index in [4.69, 9.17) is 0 Å². The third kappa shape index (κ3) is 1.96. The van der Waals surface area contributed by atoms with Gasteiger partial charge in [-0.25, -0.2) is 0 Å². The maximum absolute atomic E-state index is 12.2. The molecule has 0 aromatic carbocycles. The average molecular weight is 233 g/mol. The summed E-state index contributed by atoms with van der Waals surface area (Å²) in [5.74, 6) is 1.98. The van der Waals surface area contributed by atoms with Crippen LogP contribution in [0.5, 0.6) is 0 Å². The van der Waals surface area contributed by atoms with Crippen LogP contribution >= 0.6 is 0 Å². The lowest BCUT2D eigenvalue weighted by molar-refractivity contribution is -0.127. The molecular formula is C13H19N3O. The van der Waals surface area contributed by atoms with Crippen LogP contribution < -0.4 is 5.32 Å². The van der Waals surface area contributed by atoms with E-state index in [1.807, 2.05) is 13.1 Å². The van der Waals surface area contributed by atoms with Crippen LogP contribution in [0.4, 0.5) is 0 Å². The number of amides is 1. The summed E-state index contributed by atoms with van der Waals surface area (Å²) in [6.45, 7) is 2.01. The summed E-state index contributed by atoms with van der Waals surface area (Å²) < 4.78 is 0. The molecule has 2 aliphatic rings. The Labute approximate surface area is 101 Å². The second kappa shape index (κ2) is 4.17. The monoisotopic (exact) mass is 233 g/mol. The van der Waals surface area contributed by atoms with Crippen LogP contribution in [0.2, 0.25) is 0 Å². The van der Waals surface area contributed by atoms with E-state index >= 15 is 0 Å². The van der Waals surface area contributed by atoms with Gasteiger partial charge < -0.3 is 5.32 Å². The number of nitrogens with zero attached hydrogens (tertiary/aromatic N) is 1. The van der Waals surface area contributed by atoms with Crippen molar-refractivity contribution in [3.63, 3.8) is 0 Å². The van der Waals surface area contributed by atoms with Gasteiger partial charge in [0.05, 0.1) is 12.2 Å². The van der Waals surface area contributed by atoms with Gasteiger partial charge in [0.2, 0.25) is 5.91 Å². The lowest BCUT2D eigenvalue weighted by Crippen LogP contribution is -2.35. The fourth-order valence-corrected chi connectivity index (χ4v) is 3.47. The molecule has 2 fully saturated rings. The Hall–Kier alpha value is -1.32. The van der Waals surface area contributed by atoms with Crippen LogP contribution in [0.1, 0.15) is 44.2 Å². The Balaban J connectivity index is 1.60. The number of nitrogens with one attached hydrogen (secondary N) is 2. The molecule has 2 N–H and O–H groups in total. The smallest absolute Gasteiger partial charge is 0.223 e. The second-order valence-electron chi connectivity index (χ2n) is 5.54. The molecule has 1 amide bonds. The van der Waals surface area contributed by atoms with Crippen LogP contribution in [-0.4, -0.2) is 16.1 Å². The fourth-order valence-electron chi connectivity index (χ4n) is 3.47. The predicted octanol–water partition coefficient (Wildman–Crippen LogP) is 2.02. The van der Waals surface area contributed by atoms with Crippen molar-refractivity contribution in [2.24, 2.45) is 17.8 Å². The van der Waals surface area contributed by atoms with Gasteiger partial charge in [0, 0.05) is 17.7 Å². The number of carbonyl (C=O) groups excluding carboxylic acids is 1. The predicted molar refractivity (Wildman–Crippen MR) is 64.1 cm³/mol. The largest absolute Gasteiger partial charge is 0.349 e. The Bertz CT molecular complexity index is 401. The summed E-state index contributed by atoms with van der Waals surface area (Å²) in [5.41, 5.74) is 1.04. The first kappa shape index (κ1) is 10.8. The van der Waals surface area contributed by atoms with Crippen molar-refractivity contribution in [2.75, 3.05) is 0 Å². The highest BCUT2D eigenvalue weighted by molar-refractivity contribution is 5.79. The molecule has 4 heteroatoms. The maximum Gasteiger partial charge on any atom is 0.223 e. The zero-order chi connectivity index (χ0) is 11.8. The Morgan fingerprint density at radius 1 is 1.53 bits per heavy atom. The quantitative estimate of drug-likeness (QED) is 0.839. The molecule has 92 valence electrons. The summed E-state index contributed by atoms with van der Waals surface area (Å²) in [6, 6.07) is 0.0559. The van der Waals surface area contributed by atoms with E-state index in [1.54, 1.807) is 6.20 Å². The molecule has 2 aliphatic carbocycles. The van der Waals surface area contributed by atoms with Crippen molar-refractivity contribution in [3.05, 3.63) is 18.0 Å². The summed E-state index contributed by atoms with van der Waals surface area (Å²) in [4.78, 5) is 12.2. The van der Waals surface area contributed by atoms with Crippen molar-refractivity contribution < 1.29 is 4.79 Å². The molecule has 1 aromatic rings. The zero-order valence-electron chi connectivity index (χ0n) is 10.1. The van der Waals surface area contributed by atoms with Crippen LogP contribution in [0.3, 0.4) is 0 Å². The third-order valence-corrected chi connectivity index (χ3v) is 4.45. The number of aromatic nitrogens is 2. The fraction of sp³-hybridized carbons (Fsp3) is 0.692. The number of hydrogen-bond acceptors (Lipinski definition) is 2. The van der Waals surface area contributed by atoms with Crippen LogP contribution in [0.15, 0.2) is 12.4 Å². The van der Waals surface area contributed by atoms with Crippen molar-refractivity contribution in [3.8, 4) is 0 Å². The number of fused-ring (bicyclic) bond motifs is 2. The van der Waals surface area contributed by atoms with E-state index in [0.29, 0.717) is 5.92 Å². The normalized spacial score (nSPS) is 32.6. The molecule has 0 saturated heterocycles. The van der Waals surface area contributed by atoms with E-state index in [0.717, 1.165) is 17.9 Å². The zero-order valence-corrected chi connectivity index (χ0v) is 10.1. The minimum Gasteiger partial charge on any atom is -0.349 e. The first-order chi connectivity index (χ1) is 8.24. The molecule has 0 spiro atoms. The molecule has 1 heterocycles. The SMILES string of the molecule is CC(NC(=O)C1CC2CCC1C2)c1cn[nH]c1. The molecular weight excluding hydrogens is 214 g/mol. The Kier molecular flexibility index (Phi) is 2.65. The summed E-state index contributed by atoms with van der Waals surface area (Å²) >= 11 is 0. The molecule has 2 saturated carbocycles. The van der Waals surface area contributed by atoms with Gasteiger partial charge >= 0.3 is 0 Å². The van der Waals surface area contributed by atoms with Gasteiger partial charge in [0.1, 0.15) is 0 Å². The van der Waals surface area contributed by atoms with E-state index in [2.05, 4.69) is 15.5 Å². The van der Waals surface area contributed by atoms with Gasteiger partial charge in [-0.15, -0.1) is 0 Å². The second-order valence-corrected chi connectivity index (χ2v) is 5.54. The van der Waals surface area contributed by atoms with E-state index < -0.39 is 0 Å². The third-order valence-electron chi connectivity index (χ3n) is 4.45. The van der Waals surface area contributed by atoms with Crippen molar-refractivity contribution in [1.29, 1.82) is 0 Å². The molecule has 2 bridgehead atoms. The highest BCUT2D eigenvalue weighted by Gasteiger charge is 2.43. The van der Waals surface area contributed by atoms with Gasteiger partial charge in [0.15, 0.2) is 0 Å². The molecule has 0 aliphatic heterocycles. The van der Waals surface area contributed by atoms with E-state index in [-0.39, 0.29) is 17.9 Å². The highest BCUT2D eigenvalue weighted by atomic mass is 16.2. The van der Waals surface area contributed by atoms with Crippen LogP contribution in [0.25, 0.3) is 0 Å². The van der Waals surface area contributed by atoms with Gasteiger partial charge in [0.25, 0.3) is 0 Å². The summed E-state index contributed by atoms with van der Waals surface area (Å²) in [7, 11) is 0.